The highest BCUT2D eigenvalue weighted by Crippen LogP contribution is 2.20. The van der Waals surface area contributed by atoms with Crippen LogP contribution in [0, 0.1) is 5.92 Å². The molecule has 18 heavy (non-hydrogen) atoms. The highest BCUT2D eigenvalue weighted by atomic mass is 16.5. The van der Waals surface area contributed by atoms with Crippen molar-refractivity contribution >= 4 is 0 Å². The zero-order chi connectivity index (χ0) is 12.8. The Labute approximate surface area is 110 Å². The normalized spacial score (nSPS) is 24.6. The predicted molar refractivity (Wildman–Crippen MR) is 72.4 cm³/mol. The number of rotatable bonds is 6. The fraction of sp³-hybridized carbons (Fsp3) is 0.786. The maximum absolute atomic E-state index is 5.78. The number of hydrogen-bond donors (Lipinski definition) is 1. The van der Waals surface area contributed by atoms with E-state index in [0.29, 0.717) is 18.1 Å². The lowest BCUT2D eigenvalue weighted by atomic mass is 9.95. The van der Waals surface area contributed by atoms with Crippen LogP contribution in [0.25, 0.3) is 0 Å². The van der Waals surface area contributed by atoms with Crippen LogP contribution < -0.4 is 5.32 Å². The molecule has 1 aromatic rings. The summed E-state index contributed by atoms with van der Waals surface area (Å²) >= 11 is 0. The molecule has 1 saturated heterocycles. The van der Waals surface area contributed by atoms with Gasteiger partial charge in [-0.15, -0.1) is 0 Å². The highest BCUT2D eigenvalue weighted by molar-refractivity contribution is 4.79. The van der Waals surface area contributed by atoms with Crippen molar-refractivity contribution in [2.45, 2.75) is 51.8 Å². The monoisotopic (exact) mass is 251 g/mol. The zero-order valence-corrected chi connectivity index (χ0v) is 11.5. The molecule has 0 spiro atoms. The second kappa shape index (κ2) is 6.90. The first-order valence-electron chi connectivity index (χ1n) is 7.08. The van der Waals surface area contributed by atoms with E-state index < -0.39 is 0 Å². The summed E-state index contributed by atoms with van der Waals surface area (Å²) in [6.07, 6.45) is 7.71. The Kier molecular flexibility index (Phi) is 5.20. The van der Waals surface area contributed by atoms with Crippen molar-refractivity contribution in [2.24, 2.45) is 5.92 Å². The minimum atomic E-state index is 0.433. The van der Waals surface area contributed by atoms with E-state index in [0.717, 1.165) is 39.0 Å². The predicted octanol–water partition coefficient (Wildman–Crippen LogP) is 2.07. The minimum Gasteiger partial charge on any atom is -0.378 e. The van der Waals surface area contributed by atoms with Crippen molar-refractivity contribution in [1.29, 1.82) is 0 Å². The summed E-state index contributed by atoms with van der Waals surface area (Å²) < 4.78 is 7.77. The van der Waals surface area contributed by atoms with Crippen LogP contribution in [0.1, 0.15) is 33.1 Å². The van der Waals surface area contributed by atoms with Gasteiger partial charge in [-0.05, 0) is 37.8 Å². The molecule has 2 unspecified atom stereocenters. The molecule has 1 aromatic heterocycles. The van der Waals surface area contributed by atoms with E-state index in [1.165, 1.54) is 0 Å². The molecule has 0 amide bonds. The number of nitrogens with one attached hydrogen (secondary N) is 1. The van der Waals surface area contributed by atoms with Gasteiger partial charge in [-0.1, -0.05) is 13.8 Å². The molecule has 0 aliphatic carbocycles. The van der Waals surface area contributed by atoms with Crippen LogP contribution in [0.3, 0.4) is 0 Å². The minimum absolute atomic E-state index is 0.433. The van der Waals surface area contributed by atoms with E-state index in [1.54, 1.807) is 0 Å². The van der Waals surface area contributed by atoms with Crippen molar-refractivity contribution in [1.82, 2.24) is 15.1 Å². The number of nitrogens with zero attached hydrogens (tertiary/aromatic N) is 2. The van der Waals surface area contributed by atoms with Crippen molar-refractivity contribution < 1.29 is 4.74 Å². The Morgan fingerprint density at radius 3 is 3.11 bits per heavy atom. The molecule has 1 aliphatic heterocycles. The van der Waals surface area contributed by atoms with Crippen LogP contribution in [0.2, 0.25) is 0 Å². The second-order valence-electron chi connectivity index (χ2n) is 5.45. The highest BCUT2D eigenvalue weighted by Gasteiger charge is 2.24. The Morgan fingerprint density at radius 1 is 1.50 bits per heavy atom. The van der Waals surface area contributed by atoms with Crippen LogP contribution >= 0.6 is 0 Å². The molecule has 1 N–H and O–H groups in total. The van der Waals surface area contributed by atoms with Gasteiger partial charge in [-0.3, -0.25) is 4.68 Å². The average Bonchev–Trinajstić information content (AvgIpc) is 2.88. The van der Waals surface area contributed by atoms with Crippen molar-refractivity contribution in [3.05, 3.63) is 18.5 Å². The van der Waals surface area contributed by atoms with Gasteiger partial charge >= 0.3 is 0 Å². The lowest BCUT2D eigenvalue weighted by Gasteiger charge is -2.32. The van der Waals surface area contributed by atoms with Crippen LogP contribution in [0.15, 0.2) is 18.5 Å². The van der Waals surface area contributed by atoms with Gasteiger partial charge in [0.25, 0.3) is 0 Å². The third-order valence-corrected chi connectivity index (χ3v) is 3.61. The van der Waals surface area contributed by atoms with Gasteiger partial charge in [-0.2, -0.15) is 5.10 Å². The lowest BCUT2D eigenvalue weighted by Crippen LogP contribution is -2.41. The van der Waals surface area contributed by atoms with E-state index in [-0.39, 0.29) is 0 Å². The fourth-order valence-electron chi connectivity index (χ4n) is 2.46. The Hall–Kier alpha value is -0.870. The summed E-state index contributed by atoms with van der Waals surface area (Å²) in [6.45, 7) is 7.45. The molecule has 102 valence electrons. The Morgan fingerprint density at radius 2 is 2.39 bits per heavy atom. The molecule has 2 rings (SSSR count). The van der Waals surface area contributed by atoms with E-state index in [2.05, 4.69) is 24.3 Å². The summed E-state index contributed by atoms with van der Waals surface area (Å²) in [4.78, 5) is 0. The van der Waals surface area contributed by atoms with Gasteiger partial charge in [0.1, 0.15) is 0 Å². The van der Waals surface area contributed by atoms with Crippen molar-refractivity contribution in [2.75, 3.05) is 13.2 Å². The molecule has 0 saturated carbocycles. The maximum atomic E-state index is 5.78. The van der Waals surface area contributed by atoms with Crippen LogP contribution in [0.5, 0.6) is 0 Å². The molecule has 0 bridgehead atoms. The topological polar surface area (TPSA) is 39.1 Å². The van der Waals surface area contributed by atoms with Crippen LogP contribution in [-0.2, 0) is 11.3 Å². The Balaban J connectivity index is 1.61. The van der Waals surface area contributed by atoms with Crippen LogP contribution in [-0.4, -0.2) is 35.1 Å². The first-order chi connectivity index (χ1) is 8.75. The standard InChI is InChI=1S/C14H25N3O/c1-12(2)14-11-13(5-10-18-14)15-6-3-8-17-9-4-7-16-17/h4,7,9,12-15H,3,5-6,8,10-11H2,1-2H3. The number of ether oxygens (including phenoxy) is 1. The molecule has 4 nitrogen and oxygen atoms in total. The molecule has 2 heterocycles. The largest absolute Gasteiger partial charge is 0.378 e. The molecular weight excluding hydrogens is 226 g/mol. The van der Waals surface area contributed by atoms with Gasteiger partial charge in [0.2, 0.25) is 0 Å². The summed E-state index contributed by atoms with van der Waals surface area (Å²) in [7, 11) is 0. The van der Waals surface area contributed by atoms with Crippen LogP contribution in [0.4, 0.5) is 0 Å². The summed E-state index contributed by atoms with van der Waals surface area (Å²) in [5.74, 6) is 0.624. The zero-order valence-electron chi connectivity index (χ0n) is 11.5. The van der Waals surface area contributed by atoms with Gasteiger partial charge in [0.05, 0.1) is 6.10 Å². The van der Waals surface area contributed by atoms with Crippen molar-refractivity contribution in [3.63, 3.8) is 0 Å². The maximum Gasteiger partial charge on any atom is 0.0612 e. The molecule has 2 atom stereocenters. The van der Waals surface area contributed by atoms with Gasteiger partial charge in [0, 0.05) is 31.6 Å². The number of aryl methyl sites for hydroxylation is 1. The third kappa shape index (κ3) is 4.10. The van der Waals surface area contributed by atoms with Gasteiger partial charge < -0.3 is 10.1 Å². The smallest absolute Gasteiger partial charge is 0.0612 e. The first-order valence-corrected chi connectivity index (χ1v) is 7.08. The van der Waals surface area contributed by atoms with Gasteiger partial charge in [-0.25, -0.2) is 0 Å². The number of hydrogen-bond acceptors (Lipinski definition) is 3. The van der Waals surface area contributed by atoms with Crippen molar-refractivity contribution in [3.8, 4) is 0 Å². The molecular formula is C14H25N3O. The average molecular weight is 251 g/mol. The van der Waals surface area contributed by atoms with E-state index in [1.807, 2.05) is 23.1 Å². The third-order valence-electron chi connectivity index (χ3n) is 3.61. The molecule has 4 heteroatoms. The molecule has 0 radical (unpaired) electrons. The molecule has 0 aromatic carbocycles. The first kappa shape index (κ1) is 13.6. The second-order valence-corrected chi connectivity index (χ2v) is 5.45. The molecule has 1 fully saturated rings. The van der Waals surface area contributed by atoms with Gasteiger partial charge in [0.15, 0.2) is 0 Å². The number of aromatic nitrogens is 2. The Bertz CT molecular complexity index is 324. The summed E-state index contributed by atoms with van der Waals surface area (Å²) in [5, 5.41) is 7.85. The quantitative estimate of drug-likeness (QED) is 0.787. The lowest BCUT2D eigenvalue weighted by molar-refractivity contribution is -0.0243. The van der Waals surface area contributed by atoms with E-state index >= 15 is 0 Å². The fourth-order valence-corrected chi connectivity index (χ4v) is 2.46. The summed E-state index contributed by atoms with van der Waals surface area (Å²) in [5.41, 5.74) is 0. The SMILES string of the molecule is CC(C)C1CC(NCCCn2cccn2)CCO1. The summed E-state index contributed by atoms with van der Waals surface area (Å²) in [6, 6.07) is 2.60. The van der Waals surface area contributed by atoms with E-state index in [4.69, 9.17) is 4.74 Å². The molecule has 1 aliphatic rings. The van der Waals surface area contributed by atoms with E-state index in [9.17, 15) is 0 Å².